The summed E-state index contributed by atoms with van der Waals surface area (Å²) in [5.41, 5.74) is 0. The molecule has 3 heteroatoms. The number of aliphatic hydroxyl groups is 2. The molecule has 3 nitrogen and oxygen atoms in total. The van der Waals surface area contributed by atoms with Crippen molar-refractivity contribution < 1.29 is 15.0 Å². The lowest BCUT2D eigenvalue weighted by Gasteiger charge is -1.95. The topological polar surface area (TPSA) is 57.5 Å². The second kappa shape index (κ2) is 1.76. The summed E-state index contributed by atoms with van der Waals surface area (Å²) in [6.07, 6.45) is 0.234. The SMILES string of the molecule is CC1CC(=O)C(O)=C1O. The van der Waals surface area contributed by atoms with Crippen molar-refractivity contribution in [3.63, 3.8) is 0 Å². The molecular formula is C6H8O3. The Hall–Kier alpha value is -0.990. The van der Waals surface area contributed by atoms with Crippen LogP contribution in [0.1, 0.15) is 13.3 Å². The first-order valence-corrected chi connectivity index (χ1v) is 2.78. The summed E-state index contributed by atoms with van der Waals surface area (Å²) in [7, 11) is 0. The molecule has 0 aromatic heterocycles. The number of carbonyl (C=O) groups is 1. The molecule has 50 valence electrons. The van der Waals surface area contributed by atoms with E-state index in [1.807, 2.05) is 0 Å². The molecule has 0 spiro atoms. The minimum atomic E-state index is -0.456. The molecule has 0 heterocycles. The quantitative estimate of drug-likeness (QED) is 0.510. The van der Waals surface area contributed by atoms with Gasteiger partial charge in [0.15, 0.2) is 5.76 Å². The van der Waals surface area contributed by atoms with Gasteiger partial charge in [-0.2, -0.15) is 0 Å². The van der Waals surface area contributed by atoms with Crippen LogP contribution in [0.4, 0.5) is 0 Å². The van der Waals surface area contributed by atoms with Gasteiger partial charge in [0.05, 0.1) is 0 Å². The lowest BCUT2D eigenvalue weighted by molar-refractivity contribution is -0.117. The van der Waals surface area contributed by atoms with Gasteiger partial charge in [-0.15, -0.1) is 0 Å². The Bertz CT molecular complexity index is 181. The smallest absolute Gasteiger partial charge is 0.201 e. The fraction of sp³-hybridized carbons (Fsp3) is 0.500. The third-order valence-corrected chi connectivity index (χ3v) is 1.47. The van der Waals surface area contributed by atoms with E-state index in [9.17, 15) is 4.79 Å². The number of hydrogen-bond acceptors (Lipinski definition) is 3. The summed E-state index contributed by atoms with van der Waals surface area (Å²) in [5, 5.41) is 17.6. The zero-order valence-electron chi connectivity index (χ0n) is 5.09. The van der Waals surface area contributed by atoms with Crippen LogP contribution in [0.2, 0.25) is 0 Å². The predicted molar refractivity (Wildman–Crippen MR) is 31.1 cm³/mol. The molecule has 0 aromatic carbocycles. The zero-order chi connectivity index (χ0) is 7.02. The highest BCUT2D eigenvalue weighted by molar-refractivity contribution is 5.96. The maximum atomic E-state index is 10.5. The van der Waals surface area contributed by atoms with Gasteiger partial charge in [-0.3, -0.25) is 4.79 Å². The summed E-state index contributed by atoms with van der Waals surface area (Å²) in [5.74, 6) is -1.18. The Balaban J connectivity index is 2.92. The third kappa shape index (κ3) is 0.781. The molecule has 1 aliphatic rings. The van der Waals surface area contributed by atoms with Crippen LogP contribution in [-0.4, -0.2) is 16.0 Å². The fourth-order valence-corrected chi connectivity index (χ4v) is 0.848. The van der Waals surface area contributed by atoms with Crippen LogP contribution in [0.3, 0.4) is 0 Å². The summed E-state index contributed by atoms with van der Waals surface area (Å²) < 4.78 is 0. The van der Waals surface area contributed by atoms with E-state index in [0.29, 0.717) is 0 Å². The van der Waals surface area contributed by atoms with Crippen molar-refractivity contribution in [1.29, 1.82) is 0 Å². The van der Waals surface area contributed by atoms with Crippen LogP contribution in [0.15, 0.2) is 11.5 Å². The minimum Gasteiger partial charge on any atom is -0.508 e. The summed E-state index contributed by atoms with van der Waals surface area (Å²) in [4.78, 5) is 10.5. The summed E-state index contributed by atoms with van der Waals surface area (Å²) >= 11 is 0. The number of carbonyl (C=O) groups excluding carboxylic acids is 1. The maximum Gasteiger partial charge on any atom is 0.201 e. The summed E-state index contributed by atoms with van der Waals surface area (Å²) in [6.45, 7) is 1.69. The molecule has 1 aliphatic carbocycles. The van der Waals surface area contributed by atoms with Gasteiger partial charge in [-0.25, -0.2) is 0 Å². The van der Waals surface area contributed by atoms with Crippen LogP contribution in [0.5, 0.6) is 0 Å². The molecule has 0 aromatic rings. The summed E-state index contributed by atoms with van der Waals surface area (Å²) in [6, 6.07) is 0. The van der Waals surface area contributed by atoms with Crippen LogP contribution < -0.4 is 0 Å². The Morgan fingerprint density at radius 3 is 2.22 bits per heavy atom. The second-order valence-corrected chi connectivity index (χ2v) is 2.26. The van der Waals surface area contributed by atoms with E-state index in [0.717, 1.165) is 0 Å². The molecule has 1 atom stereocenters. The van der Waals surface area contributed by atoms with Crippen molar-refractivity contribution in [3.05, 3.63) is 11.5 Å². The van der Waals surface area contributed by atoms with Gasteiger partial charge >= 0.3 is 0 Å². The Labute approximate surface area is 52.6 Å². The normalized spacial score (nSPS) is 27.7. The number of allylic oxidation sites excluding steroid dienone is 2. The highest BCUT2D eigenvalue weighted by Gasteiger charge is 2.28. The van der Waals surface area contributed by atoms with Gasteiger partial charge < -0.3 is 10.2 Å². The van der Waals surface area contributed by atoms with Gasteiger partial charge in [0.2, 0.25) is 5.78 Å². The molecule has 0 radical (unpaired) electrons. The lowest BCUT2D eigenvalue weighted by Crippen LogP contribution is -1.94. The molecule has 9 heavy (non-hydrogen) atoms. The Morgan fingerprint density at radius 2 is 2.11 bits per heavy atom. The number of rotatable bonds is 0. The van der Waals surface area contributed by atoms with Crippen molar-refractivity contribution >= 4 is 5.78 Å². The molecule has 0 aliphatic heterocycles. The highest BCUT2D eigenvalue weighted by Crippen LogP contribution is 2.24. The van der Waals surface area contributed by atoms with E-state index in [1.165, 1.54) is 0 Å². The first-order chi connectivity index (χ1) is 4.13. The molecule has 0 saturated carbocycles. The molecule has 0 fully saturated rings. The number of Topliss-reactive ketones (excluding diaryl/α,β-unsaturated/α-hetero) is 1. The average molecular weight is 128 g/mol. The molecule has 2 N–H and O–H groups in total. The van der Waals surface area contributed by atoms with Gasteiger partial charge in [0.1, 0.15) is 5.76 Å². The van der Waals surface area contributed by atoms with Crippen LogP contribution in [0.25, 0.3) is 0 Å². The molecular weight excluding hydrogens is 120 g/mol. The first-order valence-electron chi connectivity index (χ1n) is 2.78. The molecule has 1 unspecified atom stereocenters. The van der Waals surface area contributed by atoms with E-state index in [4.69, 9.17) is 10.2 Å². The minimum absolute atomic E-state index is 0.167. The molecule has 0 saturated heterocycles. The van der Waals surface area contributed by atoms with E-state index >= 15 is 0 Å². The Kier molecular flexibility index (Phi) is 1.20. The average Bonchev–Trinajstić information content (AvgIpc) is 1.98. The number of hydrogen-bond donors (Lipinski definition) is 2. The number of aliphatic hydroxyl groups excluding tert-OH is 2. The predicted octanol–water partition coefficient (Wildman–Crippen LogP) is 0.923. The van der Waals surface area contributed by atoms with Gasteiger partial charge in [-0.1, -0.05) is 6.92 Å². The third-order valence-electron chi connectivity index (χ3n) is 1.47. The van der Waals surface area contributed by atoms with Crippen molar-refractivity contribution in [3.8, 4) is 0 Å². The van der Waals surface area contributed by atoms with E-state index in [-0.39, 0.29) is 23.9 Å². The van der Waals surface area contributed by atoms with Crippen LogP contribution >= 0.6 is 0 Å². The standard InChI is InChI=1S/C6H8O3/c1-3-2-4(7)6(9)5(3)8/h3,8-9H,2H2,1H3. The van der Waals surface area contributed by atoms with Crippen LogP contribution in [-0.2, 0) is 4.79 Å². The van der Waals surface area contributed by atoms with E-state index in [2.05, 4.69) is 0 Å². The second-order valence-electron chi connectivity index (χ2n) is 2.26. The van der Waals surface area contributed by atoms with Crippen molar-refractivity contribution in [2.75, 3.05) is 0 Å². The van der Waals surface area contributed by atoms with Gasteiger partial charge in [0, 0.05) is 12.3 Å². The van der Waals surface area contributed by atoms with E-state index in [1.54, 1.807) is 6.92 Å². The van der Waals surface area contributed by atoms with E-state index < -0.39 is 5.76 Å². The number of ketones is 1. The molecule has 0 amide bonds. The molecule has 1 rings (SSSR count). The zero-order valence-corrected chi connectivity index (χ0v) is 5.09. The maximum absolute atomic E-state index is 10.5. The van der Waals surface area contributed by atoms with Crippen molar-refractivity contribution in [2.24, 2.45) is 5.92 Å². The largest absolute Gasteiger partial charge is 0.508 e. The molecule has 0 bridgehead atoms. The van der Waals surface area contributed by atoms with Gasteiger partial charge in [-0.05, 0) is 0 Å². The van der Waals surface area contributed by atoms with Crippen LogP contribution in [0, 0.1) is 5.92 Å². The fourth-order valence-electron chi connectivity index (χ4n) is 0.848. The monoisotopic (exact) mass is 128 g/mol. The van der Waals surface area contributed by atoms with Crippen molar-refractivity contribution in [1.82, 2.24) is 0 Å². The Morgan fingerprint density at radius 1 is 1.56 bits per heavy atom. The highest BCUT2D eigenvalue weighted by atomic mass is 16.3. The lowest BCUT2D eigenvalue weighted by atomic mass is 10.1. The van der Waals surface area contributed by atoms with Gasteiger partial charge in [0.25, 0.3) is 0 Å². The van der Waals surface area contributed by atoms with Crippen molar-refractivity contribution in [2.45, 2.75) is 13.3 Å². The first kappa shape index (κ1) is 6.13.